The molecule has 5 heteroatoms. The van der Waals surface area contributed by atoms with E-state index < -0.39 is 0 Å². The fraction of sp³-hybridized carbons (Fsp3) is 0.375. The first-order valence-corrected chi connectivity index (χ1v) is 10.6. The van der Waals surface area contributed by atoms with E-state index in [1.807, 2.05) is 43.3 Å². The van der Waals surface area contributed by atoms with Gasteiger partial charge in [0.2, 0.25) is 0 Å². The number of anilines is 1. The van der Waals surface area contributed by atoms with Crippen LogP contribution in [0.3, 0.4) is 0 Å². The number of carbonyl (C=O) groups is 1. The standard InChI is InChI=1S/C24H29ClN2O2/c1-18-7-10-22(11-8-18)27-24(28)17-29-23-12-9-21(25)15-20(23)16-26-14-13-19-5-3-2-4-6-19/h5,7-12,15,26H,2-4,6,13-14,16-17H2,1H3,(H,27,28). The summed E-state index contributed by atoms with van der Waals surface area (Å²) in [6.07, 6.45) is 8.53. The Morgan fingerprint density at radius 1 is 1.14 bits per heavy atom. The molecule has 0 saturated heterocycles. The Kier molecular flexibility index (Phi) is 8.14. The van der Waals surface area contributed by atoms with Crippen LogP contribution < -0.4 is 15.4 Å². The van der Waals surface area contributed by atoms with Gasteiger partial charge in [-0.1, -0.05) is 40.9 Å². The summed E-state index contributed by atoms with van der Waals surface area (Å²) in [7, 11) is 0. The largest absolute Gasteiger partial charge is 0.483 e. The lowest BCUT2D eigenvalue weighted by Gasteiger charge is -2.15. The molecule has 1 aliphatic carbocycles. The molecule has 0 saturated carbocycles. The van der Waals surface area contributed by atoms with Crippen LogP contribution in [0.2, 0.25) is 5.02 Å². The Morgan fingerprint density at radius 3 is 2.72 bits per heavy atom. The number of amides is 1. The van der Waals surface area contributed by atoms with Crippen molar-refractivity contribution in [1.29, 1.82) is 0 Å². The van der Waals surface area contributed by atoms with Crippen LogP contribution in [-0.4, -0.2) is 19.1 Å². The second-order valence-electron chi connectivity index (χ2n) is 7.49. The van der Waals surface area contributed by atoms with E-state index in [1.165, 1.54) is 25.7 Å². The van der Waals surface area contributed by atoms with Crippen LogP contribution >= 0.6 is 11.6 Å². The molecule has 0 fully saturated rings. The predicted molar refractivity (Wildman–Crippen MR) is 120 cm³/mol. The molecule has 3 rings (SSSR count). The molecule has 29 heavy (non-hydrogen) atoms. The van der Waals surface area contributed by atoms with Crippen molar-refractivity contribution >= 4 is 23.2 Å². The van der Waals surface area contributed by atoms with Crippen molar-refractivity contribution in [3.05, 3.63) is 70.3 Å². The molecule has 154 valence electrons. The third-order valence-electron chi connectivity index (χ3n) is 5.04. The van der Waals surface area contributed by atoms with E-state index in [-0.39, 0.29) is 12.5 Å². The van der Waals surface area contributed by atoms with Gasteiger partial charge in [-0.25, -0.2) is 0 Å². The second-order valence-corrected chi connectivity index (χ2v) is 7.93. The van der Waals surface area contributed by atoms with Crippen LogP contribution in [0, 0.1) is 6.92 Å². The van der Waals surface area contributed by atoms with E-state index in [2.05, 4.69) is 16.7 Å². The van der Waals surface area contributed by atoms with Crippen molar-refractivity contribution in [3.63, 3.8) is 0 Å². The molecule has 2 aromatic rings. The zero-order valence-corrected chi connectivity index (χ0v) is 17.7. The highest BCUT2D eigenvalue weighted by Gasteiger charge is 2.09. The highest BCUT2D eigenvalue weighted by atomic mass is 35.5. The molecule has 2 aromatic carbocycles. The Bertz CT molecular complexity index is 846. The molecule has 0 radical (unpaired) electrons. The van der Waals surface area contributed by atoms with Crippen LogP contribution in [0.4, 0.5) is 5.69 Å². The van der Waals surface area contributed by atoms with Gasteiger partial charge in [-0.05, 0) is 75.9 Å². The van der Waals surface area contributed by atoms with Gasteiger partial charge in [-0.3, -0.25) is 4.79 Å². The number of ether oxygens (including phenoxy) is 1. The zero-order chi connectivity index (χ0) is 20.5. The summed E-state index contributed by atoms with van der Waals surface area (Å²) in [4.78, 5) is 12.2. The summed E-state index contributed by atoms with van der Waals surface area (Å²) < 4.78 is 5.77. The highest BCUT2D eigenvalue weighted by Crippen LogP contribution is 2.23. The molecule has 2 N–H and O–H groups in total. The quantitative estimate of drug-likeness (QED) is 0.413. The fourth-order valence-electron chi connectivity index (χ4n) is 3.41. The number of hydrogen-bond acceptors (Lipinski definition) is 3. The van der Waals surface area contributed by atoms with E-state index in [1.54, 1.807) is 11.6 Å². The summed E-state index contributed by atoms with van der Waals surface area (Å²) in [6.45, 7) is 3.54. The molecule has 0 bridgehead atoms. The maximum Gasteiger partial charge on any atom is 0.262 e. The summed E-state index contributed by atoms with van der Waals surface area (Å²) in [5.74, 6) is 0.491. The van der Waals surface area contributed by atoms with E-state index in [0.717, 1.165) is 29.8 Å². The van der Waals surface area contributed by atoms with Gasteiger partial charge >= 0.3 is 0 Å². The number of carbonyl (C=O) groups excluding carboxylic acids is 1. The van der Waals surface area contributed by atoms with Crippen molar-refractivity contribution < 1.29 is 9.53 Å². The zero-order valence-electron chi connectivity index (χ0n) is 17.0. The molecule has 0 atom stereocenters. The first-order chi connectivity index (χ1) is 14.1. The normalized spacial score (nSPS) is 13.7. The lowest BCUT2D eigenvalue weighted by Crippen LogP contribution is -2.21. The molecule has 4 nitrogen and oxygen atoms in total. The molecular weight excluding hydrogens is 384 g/mol. The van der Waals surface area contributed by atoms with Gasteiger partial charge < -0.3 is 15.4 Å². The Hall–Kier alpha value is -2.30. The molecule has 0 heterocycles. The van der Waals surface area contributed by atoms with E-state index in [9.17, 15) is 4.79 Å². The van der Waals surface area contributed by atoms with Crippen LogP contribution in [-0.2, 0) is 11.3 Å². The summed E-state index contributed by atoms with van der Waals surface area (Å²) in [6, 6.07) is 13.2. The van der Waals surface area contributed by atoms with E-state index in [4.69, 9.17) is 16.3 Å². The molecular formula is C24H29ClN2O2. The van der Waals surface area contributed by atoms with Crippen molar-refractivity contribution in [3.8, 4) is 5.75 Å². The number of allylic oxidation sites excluding steroid dienone is 1. The molecule has 0 spiro atoms. The van der Waals surface area contributed by atoms with Gasteiger partial charge in [0, 0.05) is 22.8 Å². The number of aryl methyl sites for hydroxylation is 1. The monoisotopic (exact) mass is 412 g/mol. The van der Waals surface area contributed by atoms with Crippen LogP contribution in [0.5, 0.6) is 5.75 Å². The summed E-state index contributed by atoms with van der Waals surface area (Å²) in [5.41, 5.74) is 4.42. The van der Waals surface area contributed by atoms with E-state index >= 15 is 0 Å². The minimum atomic E-state index is -0.188. The Labute approximate surface area is 178 Å². The lowest BCUT2D eigenvalue weighted by atomic mass is 9.97. The summed E-state index contributed by atoms with van der Waals surface area (Å²) >= 11 is 6.16. The molecule has 1 amide bonds. The number of halogens is 1. The van der Waals surface area contributed by atoms with Gasteiger partial charge in [0.25, 0.3) is 5.91 Å². The average Bonchev–Trinajstić information content (AvgIpc) is 2.73. The SMILES string of the molecule is Cc1ccc(NC(=O)COc2ccc(Cl)cc2CNCCC2=CCCCC2)cc1. The van der Waals surface area contributed by atoms with E-state index in [0.29, 0.717) is 17.3 Å². The Balaban J connectivity index is 1.49. The summed E-state index contributed by atoms with van der Waals surface area (Å²) in [5, 5.41) is 6.98. The molecule has 0 aliphatic heterocycles. The van der Waals surface area contributed by atoms with Crippen molar-refractivity contribution in [2.45, 2.75) is 45.6 Å². The van der Waals surface area contributed by atoms with Gasteiger partial charge in [0.1, 0.15) is 5.75 Å². The number of rotatable bonds is 9. The predicted octanol–water partition coefficient (Wildman–Crippen LogP) is 5.65. The van der Waals surface area contributed by atoms with Crippen LogP contribution in [0.15, 0.2) is 54.1 Å². The lowest BCUT2D eigenvalue weighted by molar-refractivity contribution is -0.118. The topological polar surface area (TPSA) is 50.4 Å². The van der Waals surface area contributed by atoms with Crippen LogP contribution in [0.25, 0.3) is 0 Å². The minimum absolute atomic E-state index is 0.0462. The Morgan fingerprint density at radius 2 is 1.97 bits per heavy atom. The highest BCUT2D eigenvalue weighted by molar-refractivity contribution is 6.30. The minimum Gasteiger partial charge on any atom is -0.483 e. The molecule has 0 aromatic heterocycles. The van der Waals surface area contributed by atoms with Gasteiger partial charge in [0.15, 0.2) is 6.61 Å². The maximum absolute atomic E-state index is 12.2. The third kappa shape index (κ3) is 7.22. The fourth-order valence-corrected chi connectivity index (χ4v) is 3.60. The first-order valence-electron chi connectivity index (χ1n) is 10.3. The average molecular weight is 413 g/mol. The van der Waals surface area contributed by atoms with Crippen molar-refractivity contribution in [1.82, 2.24) is 5.32 Å². The van der Waals surface area contributed by atoms with Crippen molar-refractivity contribution in [2.24, 2.45) is 0 Å². The number of benzene rings is 2. The molecule has 0 unspecified atom stereocenters. The van der Waals surface area contributed by atoms with Crippen LogP contribution in [0.1, 0.15) is 43.2 Å². The number of hydrogen-bond donors (Lipinski definition) is 2. The second kappa shape index (κ2) is 11.0. The first kappa shape index (κ1) is 21.4. The maximum atomic E-state index is 12.2. The van der Waals surface area contributed by atoms with Gasteiger partial charge in [0.05, 0.1) is 0 Å². The molecule has 1 aliphatic rings. The number of nitrogens with one attached hydrogen (secondary N) is 2. The van der Waals surface area contributed by atoms with Crippen molar-refractivity contribution in [2.75, 3.05) is 18.5 Å². The van der Waals surface area contributed by atoms with Gasteiger partial charge in [-0.15, -0.1) is 0 Å². The smallest absolute Gasteiger partial charge is 0.262 e. The van der Waals surface area contributed by atoms with Gasteiger partial charge in [-0.2, -0.15) is 0 Å². The third-order valence-corrected chi connectivity index (χ3v) is 5.28.